The molecule has 1 saturated heterocycles. The van der Waals surface area contributed by atoms with Gasteiger partial charge < -0.3 is 4.74 Å². The van der Waals surface area contributed by atoms with E-state index in [1.165, 1.54) is 0 Å². The minimum Gasteiger partial charge on any atom is -0.459 e. The Morgan fingerprint density at radius 3 is 2.81 bits per heavy atom. The van der Waals surface area contributed by atoms with E-state index in [1.54, 1.807) is 12.3 Å². The van der Waals surface area contributed by atoms with Crippen LogP contribution in [0.5, 0.6) is 0 Å². The topological polar surface area (TPSA) is 42.4 Å². The highest BCUT2D eigenvalue weighted by Crippen LogP contribution is 2.26. The Morgan fingerprint density at radius 1 is 1.48 bits per heavy atom. The van der Waals surface area contributed by atoms with E-state index >= 15 is 0 Å². The van der Waals surface area contributed by atoms with Crippen molar-refractivity contribution in [2.24, 2.45) is 0 Å². The van der Waals surface area contributed by atoms with Crippen molar-refractivity contribution in [3.05, 3.63) is 28.0 Å². The molecule has 1 atom stereocenters. The summed E-state index contributed by atoms with van der Waals surface area (Å²) in [6.45, 7) is 7.06. The fraction of sp³-hybridized carbons (Fsp3) is 0.600. The molecule has 0 aromatic carbocycles. The van der Waals surface area contributed by atoms with Crippen LogP contribution in [0.15, 0.2) is 12.3 Å². The van der Waals surface area contributed by atoms with Crippen LogP contribution in [-0.4, -0.2) is 34.0 Å². The fourth-order valence-electron chi connectivity index (χ4n) is 2.42. The van der Waals surface area contributed by atoms with E-state index < -0.39 is 5.60 Å². The summed E-state index contributed by atoms with van der Waals surface area (Å²) < 4.78 is 5.49. The SMILES string of the molecule is CC(C)(C)OC(=O)[C@@H]1CCCN1Cc1cnc(Cl)cc1Cl. The highest BCUT2D eigenvalue weighted by molar-refractivity contribution is 6.34. The third-order valence-electron chi connectivity index (χ3n) is 3.31. The minimum atomic E-state index is -0.467. The number of nitrogens with zero attached hydrogens (tertiary/aromatic N) is 2. The van der Waals surface area contributed by atoms with Crippen LogP contribution in [0.3, 0.4) is 0 Å². The van der Waals surface area contributed by atoms with Gasteiger partial charge in [0, 0.05) is 23.3 Å². The van der Waals surface area contributed by atoms with Gasteiger partial charge in [-0.3, -0.25) is 9.69 Å². The number of aromatic nitrogens is 1. The number of halogens is 2. The maximum atomic E-state index is 12.3. The van der Waals surface area contributed by atoms with Gasteiger partial charge in [0.2, 0.25) is 0 Å². The zero-order chi connectivity index (χ0) is 15.6. The Morgan fingerprint density at radius 2 is 2.19 bits per heavy atom. The molecule has 4 nitrogen and oxygen atoms in total. The summed E-state index contributed by atoms with van der Waals surface area (Å²) in [6.07, 6.45) is 3.45. The lowest BCUT2D eigenvalue weighted by Crippen LogP contribution is -2.40. The molecule has 1 fully saturated rings. The Labute approximate surface area is 135 Å². The third kappa shape index (κ3) is 4.56. The molecule has 116 valence electrons. The van der Waals surface area contributed by atoms with E-state index in [4.69, 9.17) is 27.9 Å². The molecule has 1 aliphatic heterocycles. The molecule has 6 heteroatoms. The molecule has 0 saturated carbocycles. The number of rotatable bonds is 3. The van der Waals surface area contributed by atoms with Crippen molar-refractivity contribution >= 4 is 29.2 Å². The van der Waals surface area contributed by atoms with E-state index in [1.807, 2.05) is 20.8 Å². The average molecular weight is 331 g/mol. The smallest absolute Gasteiger partial charge is 0.323 e. The van der Waals surface area contributed by atoms with Crippen molar-refractivity contribution < 1.29 is 9.53 Å². The van der Waals surface area contributed by atoms with Gasteiger partial charge in [-0.15, -0.1) is 0 Å². The van der Waals surface area contributed by atoms with E-state index in [0.29, 0.717) is 16.7 Å². The van der Waals surface area contributed by atoms with Crippen LogP contribution in [0.4, 0.5) is 0 Å². The monoisotopic (exact) mass is 330 g/mol. The molecular formula is C15H20Cl2N2O2. The van der Waals surface area contributed by atoms with Crippen molar-refractivity contribution in [3.63, 3.8) is 0 Å². The molecule has 0 unspecified atom stereocenters. The molecule has 0 N–H and O–H groups in total. The molecule has 1 aliphatic rings. The van der Waals surface area contributed by atoms with Gasteiger partial charge in [0.1, 0.15) is 16.8 Å². The van der Waals surface area contributed by atoms with Crippen molar-refractivity contribution in [3.8, 4) is 0 Å². The molecule has 0 bridgehead atoms. The van der Waals surface area contributed by atoms with Gasteiger partial charge >= 0.3 is 5.97 Å². The highest BCUT2D eigenvalue weighted by atomic mass is 35.5. The quantitative estimate of drug-likeness (QED) is 0.626. The number of esters is 1. The largest absolute Gasteiger partial charge is 0.459 e. The predicted octanol–water partition coefficient (Wildman–Crippen LogP) is 3.69. The summed E-state index contributed by atoms with van der Waals surface area (Å²) in [5.41, 5.74) is 0.404. The predicted molar refractivity (Wildman–Crippen MR) is 83.5 cm³/mol. The zero-order valence-corrected chi connectivity index (χ0v) is 14.0. The first-order chi connectivity index (χ1) is 9.76. The summed E-state index contributed by atoms with van der Waals surface area (Å²) in [5, 5.41) is 0.943. The van der Waals surface area contributed by atoms with Crippen LogP contribution < -0.4 is 0 Å². The summed E-state index contributed by atoms with van der Waals surface area (Å²) in [5.74, 6) is -0.168. The standard InChI is InChI=1S/C15H20Cl2N2O2/c1-15(2,3)21-14(20)12-5-4-6-19(12)9-10-8-18-13(17)7-11(10)16/h7-8,12H,4-6,9H2,1-3H3/t12-/m0/s1. The molecule has 1 aromatic rings. The molecule has 2 rings (SSSR count). The minimum absolute atomic E-state index is 0.168. The van der Waals surface area contributed by atoms with Crippen LogP contribution >= 0.6 is 23.2 Å². The van der Waals surface area contributed by atoms with Gasteiger partial charge in [-0.1, -0.05) is 23.2 Å². The number of likely N-dealkylation sites (tertiary alicyclic amines) is 1. The van der Waals surface area contributed by atoms with Crippen LogP contribution in [0.2, 0.25) is 10.2 Å². The maximum Gasteiger partial charge on any atom is 0.323 e. The van der Waals surface area contributed by atoms with Crippen LogP contribution in [0, 0.1) is 0 Å². The Bertz CT molecular complexity index is 529. The number of pyridine rings is 1. The average Bonchev–Trinajstić information content (AvgIpc) is 2.79. The van der Waals surface area contributed by atoms with Crippen molar-refractivity contribution in [1.82, 2.24) is 9.88 Å². The first-order valence-electron chi connectivity index (χ1n) is 7.03. The van der Waals surface area contributed by atoms with Gasteiger partial charge in [-0.05, 0) is 46.2 Å². The summed E-state index contributed by atoms with van der Waals surface area (Å²) in [4.78, 5) is 18.4. The zero-order valence-electron chi connectivity index (χ0n) is 12.5. The normalized spacial score (nSPS) is 19.8. The highest BCUT2D eigenvalue weighted by Gasteiger charge is 2.34. The van der Waals surface area contributed by atoms with Crippen molar-refractivity contribution in [1.29, 1.82) is 0 Å². The molecule has 0 radical (unpaired) electrons. The van der Waals surface area contributed by atoms with Gasteiger partial charge in [0.05, 0.1) is 0 Å². The van der Waals surface area contributed by atoms with Crippen LogP contribution in [-0.2, 0) is 16.1 Å². The van der Waals surface area contributed by atoms with Gasteiger partial charge in [-0.25, -0.2) is 4.98 Å². The first-order valence-corrected chi connectivity index (χ1v) is 7.79. The lowest BCUT2D eigenvalue weighted by atomic mass is 10.1. The number of hydrogen-bond acceptors (Lipinski definition) is 4. The fourth-order valence-corrected chi connectivity index (χ4v) is 2.85. The molecule has 0 aliphatic carbocycles. The Balaban J connectivity index is 2.06. The Hall–Kier alpha value is -0.840. The van der Waals surface area contributed by atoms with Gasteiger partial charge in [0.15, 0.2) is 0 Å². The number of carbonyl (C=O) groups excluding carboxylic acids is 1. The molecular weight excluding hydrogens is 311 g/mol. The molecule has 0 amide bonds. The van der Waals surface area contributed by atoms with Crippen LogP contribution in [0.25, 0.3) is 0 Å². The summed E-state index contributed by atoms with van der Waals surface area (Å²) in [6, 6.07) is 1.41. The number of carbonyl (C=O) groups is 1. The third-order valence-corrected chi connectivity index (χ3v) is 3.87. The molecule has 0 spiro atoms. The lowest BCUT2D eigenvalue weighted by molar-refractivity contribution is -0.160. The van der Waals surface area contributed by atoms with Gasteiger partial charge in [-0.2, -0.15) is 0 Å². The number of ether oxygens (including phenoxy) is 1. The van der Waals surface area contributed by atoms with E-state index in [0.717, 1.165) is 24.9 Å². The lowest BCUT2D eigenvalue weighted by Gasteiger charge is -2.27. The van der Waals surface area contributed by atoms with E-state index in [9.17, 15) is 4.79 Å². The van der Waals surface area contributed by atoms with Crippen molar-refractivity contribution in [2.45, 2.75) is 51.8 Å². The molecule has 1 aromatic heterocycles. The van der Waals surface area contributed by atoms with E-state index in [-0.39, 0.29) is 12.0 Å². The first kappa shape index (κ1) is 16.5. The van der Waals surface area contributed by atoms with Crippen molar-refractivity contribution in [2.75, 3.05) is 6.54 Å². The second-order valence-corrected chi connectivity index (χ2v) is 7.05. The second-order valence-electron chi connectivity index (χ2n) is 6.26. The number of hydrogen-bond donors (Lipinski definition) is 0. The molecule has 2 heterocycles. The maximum absolute atomic E-state index is 12.3. The summed E-state index contributed by atoms with van der Waals surface area (Å²) in [7, 11) is 0. The Kier molecular flexibility index (Phi) is 5.12. The van der Waals surface area contributed by atoms with E-state index in [2.05, 4.69) is 9.88 Å². The van der Waals surface area contributed by atoms with Crippen LogP contribution in [0.1, 0.15) is 39.2 Å². The second kappa shape index (κ2) is 6.51. The summed E-state index contributed by atoms with van der Waals surface area (Å²) >= 11 is 12.0. The molecule has 21 heavy (non-hydrogen) atoms. The van der Waals surface area contributed by atoms with Gasteiger partial charge in [0.25, 0.3) is 0 Å².